The van der Waals surface area contributed by atoms with Crippen LogP contribution in [0.3, 0.4) is 0 Å². The summed E-state index contributed by atoms with van der Waals surface area (Å²) in [7, 11) is 0. The Labute approximate surface area is 142 Å². The molecule has 2 aromatic carbocycles. The van der Waals surface area contributed by atoms with Crippen molar-refractivity contribution in [2.45, 2.75) is 6.92 Å². The maximum absolute atomic E-state index is 13.0. The Bertz CT molecular complexity index is 1150. The number of esters is 1. The molecule has 2 heterocycles. The molecule has 4 aromatic rings. The number of carbonyl (C=O) groups excluding carboxylic acids is 1. The molecule has 4 rings (SSSR count). The summed E-state index contributed by atoms with van der Waals surface area (Å²) in [5, 5.41) is 8.74. The van der Waals surface area contributed by atoms with Gasteiger partial charge in [0.1, 0.15) is 5.56 Å². The monoisotopic (exact) mass is 334 g/mol. The number of fused-ring (bicyclic) bond motifs is 3. The Morgan fingerprint density at radius 3 is 2.56 bits per heavy atom. The van der Waals surface area contributed by atoms with Crippen molar-refractivity contribution in [1.29, 1.82) is 0 Å². The molecular formula is C18H14N4O3. The van der Waals surface area contributed by atoms with Crippen LogP contribution in [0, 0.1) is 0 Å². The average molecular weight is 334 g/mol. The number of nitrogens with zero attached hydrogens (tertiary/aromatic N) is 4. The Balaban J connectivity index is 2.10. The predicted octanol–water partition coefficient (Wildman–Crippen LogP) is 2.21. The van der Waals surface area contributed by atoms with E-state index in [1.807, 2.05) is 18.2 Å². The number of carbonyl (C=O) groups is 1. The standard InChI is InChI=1S/C18H14N4O3/c1-2-25-17(23)15-13-10-6-7-11-14(13)21-16(15)19-20-22(18(21)24)12-8-4-3-5-9-12/h3-11H,2H2,1H3. The van der Waals surface area contributed by atoms with Crippen LogP contribution >= 0.6 is 0 Å². The molecule has 25 heavy (non-hydrogen) atoms. The van der Waals surface area contributed by atoms with Gasteiger partial charge >= 0.3 is 11.7 Å². The van der Waals surface area contributed by atoms with E-state index < -0.39 is 11.7 Å². The van der Waals surface area contributed by atoms with Crippen LogP contribution in [0.1, 0.15) is 17.3 Å². The molecule has 0 unspecified atom stereocenters. The first-order chi connectivity index (χ1) is 12.2. The summed E-state index contributed by atoms with van der Waals surface area (Å²) in [6.07, 6.45) is 0. The third-order valence-electron chi connectivity index (χ3n) is 3.93. The Hall–Kier alpha value is -3.48. The Morgan fingerprint density at radius 2 is 1.80 bits per heavy atom. The van der Waals surface area contributed by atoms with Gasteiger partial charge in [-0.15, -0.1) is 5.10 Å². The van der Waals surface area contributed by atoms with Gasteiger partial charge in [0.25, 0.3) is 0 Å². The number of ether oxygens (including phenoxy) is 1. The summed E-state index contributed by atoms with van der Waals surface area (Å²) < 4.78 is 7.72. The van der Waals surface area contributed by atoms with Gasteiger partial charge in [-0.25, -0.2) is 14.0 Å². The van der Waals surface area contributed by atoms with Gasteiger partial charge in [-0.2, -0.15) is 4.68 Å². The average Bonchev–Trinajstić information content (AvgIpc) is 2.98. The number of aromatic nitrogens is 4. The van der Waals surface area contributed by atoms with E-state index in [1.54, 1.807) is 43.3 Å². The third-order valence-corrected chi connectivity index (χ3v) is 3.93. The van der Waals surface area contributed by atoms with Gasteiger partial charge in [-0.3, -0.25) is 0 Å². The van der Waals surface area contributed by atoms with E-state index in [4.69, 9.17) is 4.74 Å². The van der Waals surface area contributed by atoms with Crippen molar-refractivity contribution in [3.05, 3.63) is 70.6 Å². The van der Waals surface area contributed by atoms with Crippen LogP contribution in [0.5, 0.6) is 0 Å². The summed E-state index contributed by atoms with van der Waals surface area (Å²) in [5.74, 6) is -0.521. The van der Waals surface area contributed by atoms with Crippen molar-refractivity contribution in [3.8, 4) is 5.69 Å². The van der Waals surface area contributed by atoms with E-state index in [2.05, 4.69) is 10.3 Å². The van der Waals surface area contributed by atoms with E-state index in [0.717, 1.165) is 0 Å². The van der Waals surface area contributed by atoms with Crippen molar-refractivity contribution in [3.63, 3.8) is 0 Å². The van der Waals surface area contributed by atoms with Gasteiger partial charge in [0.15, 0.2) is 5.65 Å². The first-order valence-corrected chi connectivity index (χ1v) is 7.84. The molecule has 0 fully saturated rings. The van der Waals surface area contributed by atoms with Crippen LogP contribution in [-0.4, -0.2) is 32.0 Å². The van der Waals surface area contributed by atoms with Gasteiger partial charge < -0.3 is 4.74 Å². The van der Waals surface area contributed by atoms with Gasteiger partial charge in [0, 0.05) is 5.39 Å². The van der Waals surface area contributed by atoms with Crippen LogP contribution in [-0.2, 0) is 4.74 Å². The molecule has 0 aliphatic rings. The van der Waals surface area contributed by atoms with Crippen LogP contribution in [0.4, 0.5) is 0 Å². The first kappa shape index (κ1) is 15.1. The molecule has 0 spiro atoms. The zero-order valence-electron chi connectivity index (χ0n) is 13.4. The highest BCUT2D eigenvalue weighted by atomic mass is 16.5. The van der Waals surface area contributed by atoms with Crippen LogP contribution < -0.4 is 5.69 Å². The molecule has 2 aromatic heterocycles. The summed E-state index contributed by atoms with van der Waals surface area (Å²) in [4.78, 5) is 25.4. The van der Waals surface area contributed by atoms with Crippen LogP contribution in [0.25, 0.3) is 22.2 Å². The molecule has 0 saturated carbocycles. The molecule has 0 aliphatic carbocycles. The lowest BCUT2D eigenvalue weighted by molar-refractivity contribution is 0.0530. The van der Waals surface area contributed by atoms with Crippen molar-refractivity contribution in [2.24, 2.45) is 0 Å². The first-order valence-electron chi connectivity index (χ1n) is 7.84. The topological polar surface area (TPSA) is 78.5 Å². The summed E-state index contributed by atoms with van der Waals surface area (Å²) in [6.45, 7) is 1.96. The largest absolute Gasteiger partial charge is 0.462 e. The molecule has 124 valence electrons. The molecule has 7 heteroatoms. The lowest BCUT2D eigenvalue weighted by Gasteiger charge is -2.04. The molecular weight excluding hydrogens is 320 g/mol. The summed E-state index contributed by atoms with van der Waals surface area (Å²) in [6, 6.07) is 16.1. The molecule has 7 nitrogen and oxygen atoms in total. The highest BCUT2D eigenvalue weighted by Crippen LogP contribution is 2.24. The number of benzene rings is 2. The maximum Gasteiger partial charge on any atom is 0.357 e. The van der Waals surface area contributed by atoms with Crippen molar-refractivity contribution < 1.29 is 9.53 Å². The highest BCUT2D eigenvalue weighted by molar-refractivity contribution is 6.10. The second kappa shape index (κ2) is 5.86. The normalized spacial score (nSPS) is 11.1. The molecule has 0 atom stereocenters. The molecule has 0 N–H and O–H groups in total. The predicted molar refractivity (Wildman–Crippen MR) is 92.0 cm³/mol. The fourth-order valence-corrected chi connectivity index (χ4v) is 2.87. The molecule has 0 bridgehead atoms. The van der Waals surface area contributed by atoms with E-state index in [-0.39, 0.29) is 17.8 Å². The lowest BCUT2D eigenvalue weighted by atomic mass is 10.2. The smallest absolute Gasteiger partial charge is 0.357 e. The third kappa shape index (κ3) is 2.28. The van der Waals surface area contributed by atoms with E-state index in [9.17, 15) is 9.59 Å². The maximum atomic E-state index is 13.0. The minimum absolute atomic E-state index is 0.192. The second-order valence-electron chi connectivity index (χ2n) is 5.39. The zero-order valence-corrected chi connectivity index (χ0v) is 13.4. The minimum atomic E-state index is -0.521. The summed E-state index contributed by atoms with van der Waals surface area (Å²) in [5.41, 5.74) is 1.23. The van der Waals surface area contributed by atoms with Crippen molar-refractivity contribution in [1.82, 2.24) is 19.4 Å². The zero-order chi connectivity index (χ0) is 17.4. The summed E-state index contributed by atoms with van der Waals surface area (Å²) >= 11 is 0. The van der Waals surface area contributed by atoms with Gasteiger partial charge in [0.05, 0.1) is 17.8 Å². The van der Waals surface area contributed by atoms with Crippen molar-refractivity contribution >= 4 is 22.5 Å². The Morgan fingerprint density at radius 1 is 1.08 bits per heavy atom. The number of rotatable bonds is 3. The number of hydrogen-bond donors (Lipinski definition) is 0. The molecule has 0 saturated heterocycles. The van der Waals surface area contributed by atoms with Crippen LogP contribution in [0.2, 0.25) is 0 Å². The minimum Gasteiger partial charge on any atom is -0.462 e. The lowest BCUT2D eigenvalue weighted by Crippen LogP contribution is -2.28. The Kier molecular flexibility index (Phi) is 3.53. The second-order valence-corrected chi connectivity index (χ2v) is 5.39. The van der Waals surface area contributed by atoms with Gasteiger partial charge in [0.2, 0.25) is 0 Å². The van der Waals surface area contributed by atoms with E-state index >= 15 is 0 Å². The molecule has 0 aliphatic heterocycles. The van der Waals surface area contributed by atoms with Gasteiger partial charge in [-0.05, 0) is 25.1 Å². The van der Waals surface area contributed by atoms with E-state index in [1.165, 1.54) is 9.08 Å². The number of hydrogen-bond acceptors (Lipinski definition) is 5. The van der Waals surface area contributed by atoms with Gasteiger partial charge in [-0.1, -0.05) is 41.6 Å². The fourth-order valence-electron chi connectivity index (χ4n) is 2.87. The molecule has 0 radical (unpaired) electrons. The van der Waals surface area contributed by atoms with E-state index in [0.29, 0.717) is 16.6 Å². The molecule has 0 amide bonds. The fraction of sp³-hybridized carbons (Fsp3) is 0.111. The number of para-hydroxylation sites is 2. The van der Waals surface area contributed by atoms with Crippen LogP contribution in [0.15, 0.2) is 59.4 Å². The highest BCUT2D eigenvalue weighted by Gasteiger charge is 2.23. The SMILES string of the molecule is CCOC(=O)c1c2ccccc2n2c(=O)n(-c3ccccc3)nnc12. The quantitative estimate of drug-likeness (QED) is 0.537. The van der Waals surface area contributed by atoms with Crippen molar-refractivity contribution in [2.75, 3.05) is 6.61 Å².